The fraction of sp³-hybridized carbons (Fsp3) is 0.417. The van der Waals surface area contributed by atoms with Crippen LogP contribution in [0.4, 0.5) is 0 Å². The number of rotatable bonds is 1. The Hall–Kier alpha value is -1.00. The highest BCUT2D eigenvalue weighted by molar-refractivity contribution is 7.99. The van der Waals surface area contributed by atoms with Crippen molar-refractivity contribution < 1.29 is 9.67 Å². The van der Waals surface area contributed by atoms with Gasteiger partial charge in [-0.1, -0.05) is 12.1 Å². The predicted molar refractivity (Wildman–Crippen MR) is 64.5 cm³/mol. The molecular weight excluding hydrogens is 220 g/mol. The summed E-state index contributed by atoms with van der Waals surface area (Å²) < 4.78 is 4.56. The lowest BCUT2D eigenvalue weighted by molar-refractivity contribution is -0.718. The smallest absolute Gasteiger partial charge is 0.319 e. The van der Waals surface area contributed by atoms with Gasteiger partial charge in [0.2, 0.25) is 0 Å². The van der Waals surface area contributed by atoms with Crippen LogP contribution in [0.2, 0.25) is 0 Å². The molecule has 0 saturated carbocycles. The summed E-state index contributed by atoms with van der Waals surface area (Å²) in [6, 6.07) is 8.41. The van der Waals surface area contributed by atoms with Crippen LogP contribution in [0.25, 0.3) is 11.0 Å². The summed E-state index contributed by atoms with van der Waals surface area (Å²) in [4.78, 5) is 0. The molecule has 1 atom stereocenters. The standard InChI is InChI=1S/C12H15N2OS/c1-2-13-10-5-3-4-6-11(10)14-7-9(15)8-16-12(13)14/h3-6,9,15H,2,7-8H2,1H3/q+1/t9-/m0/s1. The second-order valence-corrected chi connectivity index (χ2v) is 5.08. The quantitative estimate of drug-likeness (QED) is 0.757. The molecule has 84 valence electrons. The number of nitrogens with zero attached hydrogens (tertiary/aromatic N) is 2. The van der Waals surface area contributed by atoms with Gasteiger partial charge in [-0.25, -0.2) is 9.13 Å². The van der Waals surface area contributed by atoms with Crippen molar-refractivity contribution >= 4 is 22.8 Å². The van der Waals surface area contributed by atoms with E-state index in [1.165, 1.54) is 16.2 Å². The van der Waals surface area contributed by atoms with Crippen molar-refractivity contribution in [1.29, 1.82) is 0 Å². The Morgan fingerprint density at radius 3 is 3.12 bits per heavy atom. The number of hydrogen-bond donors (Lipinski definition) is 1. The molecule has 1 N–H and O–H groups in total. The molecule has 0 radical (unpaired) electrons. The van der Waals surface area contributed by atoms with E-state index >= 15 is 0 Å². The number of thioether (sulfide) groups is 1. The minimum atomic E-state index is -0.224. The molecule has 0 fully saturated rings. The summed E-state index contributed by atoms with van der Waals surface area (Å²) in [5, 5.41) is 11.0. The molecule has 0 aliphatic carbocycles. The highest BCUT2D eigenvalue weighted by Crippen LogP contribution is 2.26. The maximum Gasteiger partial charge on any atom is 0.319 e. The van der Waals surface area contributed by atoms with Gasteiger partial charge in [-0.2, -0.15) is 0 Å². The third kappa shape index (κ3) is 1.37. The first-order valence-corrected chi connectivity index (χ1v) is 6.61. The zero-order chi connectivity index (χ0) is 11.1. The number of hydrogen-bond acceptors (Lipinski definition) is 2. The van der Waals surface area contributed by atoms with E-state index in [0.717, 1.165) is 18.8 Å². The Bertz CT molecular complexity index is 535. The van der Waals surface area contributed by atoms with Crippen LogP contribution < -0.4 is 4.57 Å². The van der Waals surface area contributed by atoms with E-state index in [0.29, 0.717) is 0 Å². The first kappa shape index (κ1) is 10.2. The maximum absolute atomic E-state index is 9.75. The number of benzene rings is 1. The Balaban J connectivity index is 2.31. The highest BCUT2D eigenvalue weighted by atomic mass is 32.2. The summed E-state index contributed by atoms with van der Waals surface area (Å²) in [5.74, 6) is 0.802. The Kier molecular flexibility index (Phi) is 2.41. The Morgan fingerprint density at radius 1 is 1.50 bits per heavy atom. The molecule has 0 unspecified atom stereocenters. The average molecular weight is 235 g/mol. The van der Waals surface area contributed by atoms with Crippen LogP contribution in [-0.4, -0.2) is 21.5 Å². The van der Waals surface area contributed by atoms with Crippen molar-refractivity contribution in [2.45, 2.75) is 31.3 Å². The molecule has 1 aliphatic heterocycles. The van der Waals surface area contributed by atoms with Gasteiger partial charge in [-0.15, -0.1) is 0 Å². The number of aryl methyl sites for hydroxylation is 1. The van der Waals surface area contributed by atoms with Gasteiger partial charge in [0.15, 0.2) is 11.0 Å². The maximum atomic E-state index is 9.75. The molecule has 0 amide bonds. The van der Waals surface area contributed by atoms with Crippen LogP contribution in [0.1, 0.15) is 6.92 Å². The summed E-state index contributed by atoms with van der Waals surface area (Å²) in [7, 11) is 0. The van der Waals surface area contributed by atoms with Gasteiger partial charge in [0.1, 0.15) is 12.6 Å². The normalized spacial score (nSPS) is 20.0. The van der Waals surface area contributed by atoms with Gasteiger partial charge in [0, 0.05) is 5.75 Å². The largest absolute Gasteiger partial charge is 0.388 e. The summed E-state index contributed by atoms with van der Waals surface area (Å²) >= 11 is 1.75. The summed E-state index contributed by atoms with van der Waals surface area (Å²) in [5.41, 5.74) is 2.49. The number of aliphatic hydroxyl groups excluding tert-OH is 1. The molecule has 4 heteroatoms. The highest BCUT2D eigenvalue weighted by Gasteiger charge is 2.30. The van der Waals surface area contributed by atoms with Crippen LogP contribution in [-0.2, 0) is 13.1 Å². The van der Waals surface area contributed by atoms with Gasteiger partial charge >= 0.3 is 5.16 Å². The third-order valence-electron chi connectivity index (χ3n) is 3.04. The molecular formula is C12H15N2OS+. The number of aliphatic hydroxyl groups is 1. The van der Waals surface area contributed by atoms with Crippen molar-refractivity contribution in [3.8, 4) is 0 Å². The topological polar surface area (TPSA) is 29.0 Å². The van der Waals surface area contributed by atoms with Crippen LogP contribution in [0.3, 0.4) is 0 Å². The van der Waals surface area contributed by atoms with Gasteiger partial charge < -0.3 is 5.11 Å². The van der Waals surface area contributed by atoms with Crippen LogP contribution in [0.5, 0.6) is 0 Å². The monoisotopic (exact) mass is 235 g/mol. The third-order valence-corrected chi connectivity index (χ3v) is 4.29. The molecule has 3 nitrogen and oxygen atoms in total. The van der Waals surface area contributed by atoms with Crippen LogP contribution in [0, 0.1) is 0 Å². The molecule has 0 bridgehead atoms. The SMILES string of the molecule is CCn1c2[n+](c3ccccc31)C[C@H](O)CS2. The molecule has 0 spiro atoms. The zero-order valence-electron chi connectivity index (χ0n) is 9.26. The van der Waals surface area contributed by atoms with Crippen molar-refractivity contribution in [3.05, 3.63) is 24.3 Å². The lowest BCUT2D eigenvalue weighted by Crippen LogP contribution is -2.45. The van der Waals surface area contributed by atoms with Gasteiger partial charge in [-0.3, -0.25) is 0 Å². The lowest BCUT2D eigenvalue weighted by Gasteiger charge is -2.14. The van der Waals surface area contributed by atoms with Crippen LogP contribution >= 0.6 is 11.8 Å². The summed E-state index contributed by atoms with van der Waals surface area (Å²) in [6.45, 7) is 3.86. The van der Waals surface area contributed by atoms with E-state index in [1.54, 1.807) is 11.8 Å². The van der Waals surface area contributed by atoms with E-state index in [9.17, 15) is 5.11 Å². The van der Waals surface area contributed by atoms with Gasteiger partial charge in [0.25, 0.3) is 0 Å². The second kappa shape index (κ2) is 3.79. The predicted octanol–water partition coefficient (Wildman–Crippen LogP) is 1.42. The van der Waals surface area contributed by atoms with Crippen molar-refractivity contribution in [2.24, 2.45) is 0 Å². The van der Waals surface area contributed by atoms with E-state index < -0.39 is 0 Å². The first-order valence-electron chi connectivity index (χ1n) is 5.63. The van der Waals surface area contributed by atoms with E-state index in [2.05, 4.69) is 40.3 Å². The molecule has 1 aromatic heterocycles. The zero-order valence-corrected chi connectivity index (χ0v) is 10.1. The van der Waals surface area contributed by atoms with E-state index in [1.807, 2.05) is 0 Å². The second-order valence-electron chi connectivity index (χ2n) is 4.09. The fourth-order valence-corrected chi connectivity index (χ4v) is 3.50. The van der Waals surface area contributed by atoms with Crippen molar-refractivity contribution in [1.82, 2.24) is 4.57 Å². The van der Waals surface area contributed by atoms with Crippen molar-refractivity contribution in [2.75, 3.05) is 5.75 Å². The summed E-state index contributed by atoms with van der Waals surface area (Å²) in [6.07, 6.45) is -0.224. The van der Waals surface area contributed by atoms with Crippen molar-refractivity contribution in [3.63, 3.8) is 0 Å². The lowest BCUT2D eigenvalue weighted by atomic mass is 10.3. The molecule has 16 heavy (non-hydrogen) atoms. The molecule has 2 heterocycles. The molecule has 3 rings (SSSR count). The van der Waals surface area contributed by atoms with E-state index in [-0.39, 0.29) is 6.10 Å². The number of para-hydroxylation sites is 2. The van der Waals surface area contributed by atoms with Crippen LogP contribution in [0.15, 0.2) is 29.4 Å². The first-order chi connectivity index (χ1) is 7.81. The molecule has 2 aromatic rings. The Morgan fingerprint density at radius 2 is 2.31 bits per heavy atom. The van der Waals surface area contributed by atoms with Gasteiger partial charge in [-0.05, 0) is 30.8 Å². The van der Waals surface area contributed by atoms with Gasteiger partial charge in [0.05, 0.1) is 6.54 Å². The molecule has 1 aromatic carbocycles. The average Bonchev–Trinajstić information content (AvgIpc) is 2.62. The minimum Gasteiger partial charge on any atom is -0.388 e. The molecule has 0 saturated heterocycles. The number of imidazole rings is 1. The minimum absolute atomic E-state index is 0.224. The van der Waals surface area contributed by atoms with E-state index in [4.69, 9.17) is 0 Å². The molecule has 1 aliphatic rings. The fourth-order valence-electron chi connectivity index (χ4n) is 2.34. The Labute approximate surface area is 98.7 Å². The number of fused-ring (bicyclic) bond motifs is 3. The number of aromatic nitrogens is 2.